The SMILES string of the molecule is Cc1nc(C)c(-c2nnc(SCC(=O)NC3CCCCCCC3)o2)s1. The van der Waals surface area contributed by atoms with Gasteiger partial charge in [-0.3, -0.25) is 4.79 Å². The van der Waals surface area contributed by atoms with E-state index in [1.807, 2.05) is 13.8 Å². The number of thiazole rings is 1. The van der Waals surface area contributed by atoms with Crippen LogP contribution >= 0.6 is 23.1 Å². The van der Waals surface area contributed by atoms with Gasteiger partial charge in [-0.25, -0.2) is 4.98 Å². The molecule has 8 heteroatoms. The third-order valence-corrected chi connectivity index (χ3v) is 6.18. The van der Waals surface area contributed by atoms with Crippen LogP contribution in [0.25, 0.3) is 10.8 Å². The number of carbonyl (C=O) groups excluding carboxylic acids is 1. The van der Waals surface area contributed by atoms with Gasteiger partial charge in [0, 0.05) is 6.04 Å². The summed E-state index contributed by atoms with van der Waals surface area (Å²) in [5, 5.41) is 12.7. The Morgan fingerprint density at radius 1 is 1.20 bits per heavy atom. The lowest BCUT2D eigenvalue weighted by Gasteiger charge is -2.20. The highest BCUT2D eigenvalue weighted by atomic mass is 32.2. The largest absolute Gasteiger partial charge is 0.410 e. The summed E-state index contributed by atoms with van der Waals surface area (Å²) in [5.74, 6) is 0.824. The van der Waals surface area contributed by atoms with Crippen molar-refractivity contribution in [1.29, 1.82) is 0 Å². The summed E-state index contributed by atoms with van der Waals surface area (Å²) >= 11 is 2.82. The molecule has 0 saturated heterocycles. The monoisotopic (exact) mass is 380 g/mol. The Labute approximate surface area is 156 Å². The van der Waals surface area contributed by atoms with E-state index in [0.717, 1.165) is 28.4 Å². The first-order chi connectivity index (χ1) is 12.1. The lowest BCUT2D eigenvalue weighted by molar-refractivity contribution is -0.119. The zero-order chi connectivity index (χ0) is 17.6. The summed E-state index contributed by atoms with van der Waals surface area (Å²) in [6.07, 6.45) is 8.48. The van der Waals surface area contributed by atoms with Gasteiger partial charge in [-0.2, -0.15) is 0 Å². The van der Waals surface area contributed by atoms with Crippen molar-refractivity contribution in [1.82, 2.24) is 20.5 Å². The van der Waals surface area contributed by atoms with Crippen molar-refractivity contribution in [3.8, 4) is 10.8 Å². The van der Waals surface area contributed by atoms with E-state index in [9.17, 15) is 4.79 Å². The van der Waals surface area contributed by atoms with Crippen LogP contribution in [-0.2, 0) is 4.79 Å². The molecule has 1 amide bonds. The summed E-state index contributed by atoms with van der Waals surface area (Å²) in [6.45, 7) is 3.88. The molecule has 1 N–H and O–H groups in total. The van der Waals surface area contributed by atoms with Crippen molar-refractivity contribution in [3.63, 3.8) is 0 Å². The molecule has 2 heterocycles. The average Bonchev–Trinajstić information content (AvgIpc) is 3.14. The fourth-order valence-corrected chi connectivity index (χ4v) is 4.50. The first-order valence-electron chi connectivity index (χ1n) is 8.82. The molecule has 2 aromatic rings. The maximum atomic E-state index is 12.2. The molecule has 1 saturated carbocycles. The zero-order valence-corrected chi connectivity index (χ0v) is 16.3. The van der Waals surface area contributed by atoms with E-state index in [-0.39, 0.29) is 5.91 Å². The van der Waals surface area contributed by atoms with Crippen molar-refractivity contribution < 1.29 is 9.21 Å². The van der Waals surface area contributed by atoms with E-state index in [1.165, 1.54) is 55.2 Å². The van der Waals surface area contributed by atoms with E-state index in [4.69, 9.17) is 4.42 Å². The number of hydrogen-bond donors (Lipinski definition) is 1. The quantitative estimate of drug-likeness (QED) is 0.786. The van der Waals surface area contributed by atoms with Gasteiger partial charge in [0.1, 0.15) is 4.88 Å². The van der Waals surface area contributed by atoms with Gasteiger partial charge in [-0.1, -0.05) is 43.9 Å². The van der Waals surface area contributed by atoms with Gasteiger partial charge in [0.15, 0.2) is 0 Å². The highest BCUT2D eigenvalue weighted by molar-refractivity contribution is 7.99. The van der Waals surface area contributed by atoms with E-state index in [0.29, 0.717) is 22.9 Å². The van der Waals surface area contributed by atoms with Crippen LogP contribution in [0.5, 0.6) is 0 Å². The number of thioether (sulfide) groups is 1. The first kappa shape index (κ1) is 18.4. The molecular formula is C17H24N4O2S2. The Morgan fingerprint density at radius 3 is 2.60 bits per heavy atom. The van der Waals surface area contributed by atoms with Gasteiger partial charge in [0.25, 0.3) is 11.1 Å². The van der Waals surface area contributed by atoms with Crippen molar-refractivity contribution >= 4 is 29.0 Å². The number of carbonyl (C=O) groups is 1. The minimum atomic E-state index is 0.0418. The van der Waals surface area contributed by atoms with Crippen LogP contribution < -0.4 is 5.32 Å². The van der Waals surface area contributed by atoms with Gasteiger partial charge in [0.05, 0.1) is 16.5 Å². The fraction of sp³-hybridized carbons (Fsp3) is 0.647. The fourth-order valence-electron chi connectivity index (χ4n) is 3.09. The molecule has 1 fully saturated rings. The second kappa shape index (κ2) is 8.80. The average molecular weight is 381 g/mol. The third-order valence-electron chi connectivity index (χ3n) is 4.30. The normalized spacial score (nSPS) is 16.4. The van der Waals surface area contributed by atoms with Crippen molar-refractivity contribution in [3.05, 3.63) is 10.7 Å². The minimum absolute atomic E-state index is 0.0418. The van der Waals surface area contributed by atoms with Gasteiger partial charge < -0.3 is 9.73 Å². The summed E-state index contributed by atoms with van der Waals surface area (Å²) < 4.78 is 5.67. The molecule has 1 aliphatic rings. The number of hydrogen-bond acceptors (Lipinski definition) is 7. The standard InChI is InChI=1S/C17H24N4O2S2/c1-11-15(25-12(2)18-11)16-20-21-17(23-16)24-10-14(22)19-13-8-6-4-3-5-7-9-13/h13H,3-10H2,1-2H3,(H,19,22). The zero-order valence-electron chi connectivity index (χ0n) is 14.7. The molecule has 0 atom stereocenters. The Bertz CT molecular complexity index is 705. The minimum Gasteiger partial charge on any atom is -0.410 e. The number of nitrogens with one attached hydrogen (secondary N) is 1. The molecule has 2 aromatic heterocycles. The maximum absolute atomic E-state index is 12.2. The summed E-state index contributed by atoms with van der Waals surface area (Å²) in [7, 11) is 0. The van der Waals surface area contributed by atoms with Crippen LogP contribution in [0.1, 0.15) is 55.6 Å². The summed E-state index contributed by atoms with van der Waals surface area (Å²) in [6, 6.07) is 0.314. The van der Waals surface area contributed by atoms with E-state index >= 15 is 0 Å². The molecule has 0 bridgehead atoms. The van der Waals surface area contributed by atoms with Crippen LogP contribution in [0, 0.1) is 13.8 Å². The Kier molecular flexibility index (Phi) is 6.47. The Balaban J connectivity index is 1.50. The highest BCUT2D eigenvalue weighted by Crippen LogP contribution is 2.30. The van der Waals surface area contributed by atoms with E-state index < -0.39 is 0 Å². The molecule has 0 aliphatic heterocycles. The maximum Gasteiger partial charge on any atom is 0.277 e. The second-order valence-corrected chi connectivity index (χ2v) is 8.55. The predicted molar refractivity (Wildman–Crippen MR) is 99.9 cm³/mol. The lowest BCUT2D eigenvalue weighted by Crippen LogP contribution is -2.36. The highest BCUT2D eigenvalue weighted by Gasteiger charge is 2.17. The molecule has 0 aromatic carbocycles. The predicted octanol–water partition coefficient (Wildman–Crippen LogP) is 4.13. The van der Waals surface area contributed by atoms with Crippen molar-refractivity contribution in [2.45, 2.75) is 70.1 Å². The summed E-state index contributed by atoms with van der Waals surface area (Å²) in [5.41, 5.74) is 0.893. The van der Waals surface area contributed by atoms with Crippen LogP contribution in [0.4, 0.5) is 0 Å². The van der Waals surface area contributed by atoms with Crippen LogP contribution in [0.15, 0.2) is 9.64 Å². The molecule has 0 spiro atoms. The molecule has 3 rings (SSSR count). The summed E-state index contributed by atoms with van der Waals surface area (Å²) in [4.78, 5) is 17.5. The Morgan fingerprint density at radius 2 is 1.92 bits per heavy atom. The molecular weight excluding hydrogens is 356 g/mol. The topological polar surface area (TPSA) is 80.9 Å². The van der Waals surface area contributed by atoms with Crippen molar-refractivity contribution in [2.24, 2.45) is 0 Å². The third kappa shape index (κ3) is 5.28. The smallest absolute Gasteiger partial charge is 0.277 e. The van der Waals surface area contributed by atoms with Gasteiger partial charge >= 0.3 is 0 Å². The van der Waals surface area contributed by atoms with Gasteiger partial charge in [0.2, 0.25) is 5.91 Å². The lowest BCUT2D eigenvalue weighted by atomic mass is 9.97. The molecule has 0 unspecified atom stereocenters. The molecule has 136 valence electrons. The van der Waals surface area contributed by atoms with E-state index in [2.05, 4.69) is 20.5 Å². The molecule has 25 heavy (non-hydrogen) atoms. The number of aryl methyl sites for hydroxylation is 2. The van der Waals surface area contributed by atoms with Crippen LogP contribution in [-0.4, -0.2) is 32.9 Å². The molecule has 1 aliphatic carbocycles. The molecule has 6 nitrogen and oxygen atoms in total. The van der Waals surface area contributed by atoms with E-state index in [1.54, 1.807) is 0 Å². The first-order valence-corrected chi connectivity index (χ1v) is 10.6. The number of rotatable bonds is 5. The van der Waals surface area contributed by atoms with Gasteiger partial charge in [-0.15, -0.1) is 21.5 Å². The van der Waals surface area contributed by atoms with Gasteiger partial charge in [-0.05, 0) is 26.7 Å². The number of amides is 1. The second-order valence-electron chi connectivity index (χ2n) is 6.42. The van der Waals surface area contributed by atoms with Crippen LogP contribution in [0.3, 0.4) is 0 Å². The van der Waals surface area contributed by atoms with Crippen molar-refractivity contribution in [2.75, 3.05) is 5.75 Å². The number of nitrogens with zero attached hydrogens (tertiary/aromatic N) is 3. The Hall–Kier alpha value is -1.41. The molecule has 0 radical (unpaired) electrons. The number of aromatic nitrogens is 3. The van der Waals surface area contributed by atoms with Crippen LogP contribution in [0.2, 0.25) is 0 Å².